The van der Waals surface area contributed by atoms with Crippen LogP contribution in [0.2, 0.25) is 0 Å². The maximum Gasteiger partial charge on any atom is 0.0826 e. The van der Waals surface area contributed by atoms with Crippen molar-refractivity contribution < 1.29 is 10.2 Å². The molecule has 0 fully saturated rings. The second-order valence-electron chi connectivity index (χ2n) is 3.07. The fourth-order valence-corrected chi connectivity index (χ4v) is 0.994. The van der Waals surface area contributed by atoms with Crippen molar-refractivity contribution >= 4 is 0 Å². The van der Waals surface area contributed by atoms with Crippen molar-refractivity contribution in [1.29, 1.82) is 0 Å². The lowest BCUT2D eigenvalue weighted by molar-refractivity contribution is 0.0946. The summed E-state index contributed by atoms with van der Waals surface area (Å²) in [6, 6.07) is 0. The maximum absolute atomic E-state index is 9.15. The molecule has 1 heterocycles. The number of aromatic nitrogens is 2. The van der Waals surface area contributed by atoms with Gasteiger partial charge in [-0.05, 0) is 13.8 Å². The molecule has 1 rings (SSSR count). The average Bonchev–Trinajstić information content (AvgIpc) is 2.11. The Morgan fingerprint density at radius 2 is 2.08 bits per heavy atom. The van der Waals surface area contributed by atoms with E-state index >= 15 is 0 Å². The smallest absolute Gasteiger partial charge is 0.0826 e. The van der Waals surface area contributed by atoms with Gasteiger partial charge in [-0.25, -0.2) is 0 Å². The molecule has 2 N–H and O–H groups in total. The van der Waals surface area contributed by atoms with Crippen molar-refractivity contribution in [2.24, 2.45) is 0 Å². The lowest BCUT2D eigenvalue weighted by atomic mass is 10.2. The molecule has 0 aliphatic rings. The van der Waals surface area contributed by atoms with Crippen molar-refractivity contribution in [2.45, 2.75) is 26.4 Å². The zero-order chi connectivity index (χ0) is 9.84. The Balaban J connectivity index is 2.73. The van der Waals surface area contributed by atoms with Crippen LogP contribution in [0.3, 0.4) is 0 Å². The first-order chi connectivity index (χ1) is 6.13. The van der Waals surface area contributed by atoms with Gasteiger partial charge in [-0.1, -0.05) is 0 Å². The molecule has 1 aromatic heterocycles. The lowest BCUT2D eigenvalue weighted by Gasteiger charge is -2.07. The van der Waals surface area contributed by atoms with Crippen LogP contribution in [0.4, 0.5) is 0 Å². The van der Waals surface area contributed by atoms with Gasteiger partial charge in [-0.3, -0.25) is 9.97 Å². The number of aryl methyl sites for hydroxylation is 2. The highest BCUT2D eigenvalue weighted by molar-refractivity contribution is 5.11. The summed E-state index contributed by atoms with van der Waals surface area (Å²) in [6.07, 6.45) is 1.24. The predicted molar refractivity (Wildman–Crippen MR) is 48.3 cm³/mol. The molecule has 0 radical (unpaired) electrons. The molecule has 0 saturated carbocycles. The fraction of sp³-hybridized carbons (Fsp3) is 0.556. The zero-order valence-electron chi connectivity index (χ0n) is 7.86. The summed E-state index contributed by atoms with van der Waals surface area (Å²) in [5.74, 6) is 0. The summed E-state index contributed by atoms with van der Waals surface area (Å²) < 4.78 is 0. The minimum absolute atomic E-state index is 0.241. The molecular formula is C9H14N2O2. The first-order valence-corrected chi connectivity index (χ1v) is 4.21. The Morgan fingerprint density at radius 1 is 1.38 bits per heavy atom. The molecule has 1 aromatic rings. The third kappa shape index (κ3) is 2.75. The highest BCUT2D eigenvalue weighted by Crippen LogP contribution is 2.03. The number of nitrogens with zero attached hydrogens (tertiary/aromatic N) is 2. The molecule has 0 bridgehead atoms. The topological polar surface area (TPSA) is 66.2 Å². The Labute approximate surface area is 77.3 Å². The van der Waals surface area contributed by atoms with Gasteiger partial charge < -0.3 is 10.2 Å². The fourth-order valence-electron chi connectivity index (χ4n) is 0.994. The van der Waals surface area contributed by atoms with Gasteiger partial charge in [0.1, 0.15) is 0 Å². The summed E-state index contributed by atoms with van der Waals surface area (Å²) in [7, 11) is 0. The second-order valence-corrected chi connectivity index (χ2v) is 3.07. The molecule has 13 heavy (non-hydrogen) atoms. The second kappa shape index (κ2) is 4.30. The first-order valence-electron chi connectivity index (χ1n) is 4.21. The van der Waals surface area contributed by atoms with Gasteiger partial charge in [0.25, 0.3) is 0 Å². The van der Waals surface area contributed by atoms with Gasteiger partial charge in [0.15, 0.2) is 0 Å². The van der Waals surface area contributed by atoms with Crippen LogP contribution in [0.15, 0.2) is 6.20 Å². The van der Waals surface area contributed by atoms with Crippen LogP contribution in [0.5, 0.6) is 0 Å². The van der Waals surface area contributed by atoms with E-state index in [-0.39, 0.29) is 6.61 Å². The highest BCUT2D eigenvalue weighted by atomic mass is 16.3. The van der Waals surface area contributed by atoms with E-state index in [1.54, 1.807) is 6.20 Å². The Kier molecular flexibility index (Phi) is 3.33. The maximum atomic E-state index is 9.15. The summed E-state index contributed by atoms with van der Waals surface area (Å²) in [5, 5.41) is 17.8. The standard InChI is InChI=1S/C9H14N2O2/c1-6-7(2)11-8(4-10-6)3-9(13)5-12/h4,9,12-13H,3,5H2,1-2H3/t9-/m0/s1. The van der Waals surface area contributed by atoms with Crippen molar-refractivity contribution in [3.8, 4) is 0 Å². The van der Waals surface area contributed by atoms with Crippen molar-refractivity contribution in [3.63, 3.8) is 0 Å². The molecule has 0 aliphatic heterocycles. The molecule has 0 saturated heterocycles. The average molecular weight is 182 g/mol. The van der Waals surface area contributed by atoms with E-state index in [2.05, 4.69) is 9.97 Å². The van der Waals surface area contributed by atoms with E-state index in [0.29, 0.717) is 12.1 Å². The van der Waals surface area contributed by atoms with Crippen molar-refractivity contribution in [2.75, 3.05) is 6.61 Å². The third-order valence-electron chi connectivity index (χ3n) is 1.90. The van der Waals surface area contributed by atoms with Gasteiger partial charge in [-0.15, -0.1) is 0 Å². The van der Waals surface area contributed by atoms with Crippen LogP contribution < -0.4 is 0 Å². The molecule has 0 aromatic carbocycles. The number of aliphatic hydroxyl groups excluding tert-OH is 2. The van der Waals surface area contributed by atoms with Crippen molar-refractivity contribution in [3.05, 3.63) is 23.3 Å². The number of rotatable bonds is 3. The predicted octanol–water partition coefficient (Wildman–Crippen LogP) is -0.0109. The quantitative estimate of drug-likeness (QED) is 0.690. The summed E-state index contributed by atoms with van der Waals surface area (Å²) in [5.41, 5.74) is 2.47. The van der Waals surface area contributed by atoms with Crippen LogP contribution >= 0.6 is 0 Å². The van der Waals surface area contributed by atoms with E-state index in [1.165, 1.54) is 0 Å². The molecule has 0 amide bonds. The molecule has 4 nitrogen and oxygen atoms in total. The van der Waals surface area contributed by atoms with Crippen LogP contribution in [-0.4, -0.2) is 32.9 Å². The largest absolute Gasteiger partial charge is 0.394 e. The van der Waals surface area contributed by atoms with E-state index in [0.717, 1.165) is 11.4 Å². The van der Waals surface area contributed by atoms with Crippen LogP contribution in [0.1, 0.15) is 17.1 Å². The molecule has 72 valence electrons. The van der Waals surface area contributed by atoms with E-state index in [4.69, 9.17) is 10.2 Å². The van der Waals surface area contributed by atoms with Gasteiger partial charge >= 0.3 is 0 Å². The number of hydrogen-bond acceptors (Lipinski definition) is 4. The van der Waals surface area contributed by atoms with Crippen molar-refractivity contribution in [1.82, 2.24) is 9.97 Å². The molecular weight excluding hydrogens is 168 g/mol. The Morgan fingerprint density at radius 3 is 2.62 bits per heavy atom. The van der Waals surface area contributed by atoms with Crippen LogP contribution in [0, 0.1) is 13.8 Å². The number of hydrogen-bond donors (Lipinski definition) is 2. The van der Waals surface area contributed by atoms with E-state index < -0.39 is 6.10 Å². The molecule has 0 aliphatic carbocycles. The minimum atomic E-state index is -0.739. The van der Waals surface area contributed by atoms with Gasteiger partial charge in [0.2, 0.25) is 0 Å². The molecule has 4 heteroatoms. The van der Waals surface area contributed by atoms with Gasteiger partial charge in [0, 0.05) is 12.6 Å². The molecule has 1 atom stereocenters. The zero-order valence-corrected chi connectivity index (χ0v) is 7.86. The van der Waals surface area contributed by atoms with E-state index in [9.17, 15) is 0 Å². The number of aliphatic hydroxyl groups is 2. The Hall–Kier alpha value is -1.00. The van der Waals surface area contributed by atoms with Crippen LogP contribution in [0.25, 0.3) is 0 Å². The minimum Gasteiger partial charge on any atom is -0.394 e. The molecule has 0 unspecified atom stereocenters. The molecule has 0 spiro atoms. The monoisotopic (exact) mass is 182 g/mol. The summed E-state index contributed by atoms with van der Waals surface area (Å²) in [6.45, 7) is 3.51. The highest BCUT2D eigenvalue weighted by Gasteiger charge is 2.06. The van der Waals surface area contributed by atoms with Gasteiger partial charge in [-0.2, -0.15) is 0 Å². The third-order valence-corrected chi connectivity index (χ3v) is 1.90. The first kappa shape index (κ1) is 10.1. The van der Waals surface area contributed by atoms with Gasteiger partial charge in [0.05, 0.1) is 29.8 Å². The van der Waals surface area contributed by atoms with E-state index in [1.807, 2.05) is 13.8 Å². The lowest BCUT2D eigenvalue weighted by Crippen LogP contribution is -2.16. The SMILES string of the molecule is Cc1ncc(C[C@H](O)CO)nc1C. The summed E-state index contributed by atoms with van der Waals surface area (Å²) >= 11 is 0. The normalized spacial score (nSPS) is 12.9. The van der Waals surface area contributed by atoms with Crippen LogP contribution in [-0.2, 0) is 6.42 Å². The summed E-state index contributed by atoms with van der Waals surface area (Å²) in [4.78, 5) is 8.34. The Bertz CT molecular complexity index is 289.